The molecular weight excluding hydrogens is 331 g/mol. The molecule has 3 aromatic rings. The maximum absolute atomic E-state index is 13.6. The molecule has 6 nitrogen and oxygen atoms in total. The zero-order valence-corrected chi connectivity index (χ0v) is 13.7. The van der Waals surface area contributed by atoms with E-state index < -0.39 is 15.8 Å². The second kappa shape index (κ2) is 6.40. The zero-order valence-electron chi connectivity index (χ0n) is 12.8. The van der Waals surface area contributed by atoms with Crippen molar-refractivity contribution in [2.24, 2.45) is 0 Å². The Hall–Kier alpha value is -2.74. The number of hydrogen-bond donors (Lipinski definition) is 1. The van der Waals surface area contributed by atoms with E-state index in [1.807, 2.05) is 0 Å². The third-order valence-corrected chi connectivity index (χ3v) is 4.85. The highest BCUT2D eigenvalue weighted by Gasteiger charge is 2.15. The molecule has 0 atom stereocenters. The van der Waals surface area contributed by atoms with Crippen LogP contribution in [-0.2, 0) is 16.6 Å². The van der Waals surface area contributed by atoms with Crippen LogP contribution >= 0.6 is 0 Å². The van der Waals surface area contributed by atoms with Crippen LogP contribution in [0.1, 0.15) is 11.1 Å². The van der Waals surface area contributed by atoms with E-state index in [0.717, 1.165) is 11.6 Å². The van der Waals surface area contributed by atoms with Crippen molar-refractivity contribution in [3.8, 4) is 0 Å². The van der Waals surface area contributed by atoms with Crippen molar-refractivity contribution in [1.82, 2.24) is 14.8 Å². The first kappa shape index (κ1) is 16.1. The van der Waals surface area contributed by atoms with E-state index in [1.165, 1.54) is 18.5 Å². The number of sulfonamides is 1. The number of hydrogen-bond acceptors (Lipinski definition) is 4. The minimum absolute atomic E-state index is 0.114. The number of nitrogens with one attached hydrogen (secondary N) is 1. The molecule has 0 aliphatic carbocycles. The fourth-order valence-corrected chi connectivity index (χ4v) is 3.20. The van der Waals surface area contributed by atoms with Gasteiger partial charge in [0, 0.05) is 5.69 Å². The number of aryl methyl sites for hydroxylation is 1. The molecule has 1 heterocycles. The van der Waals surface area contributed by atoms with Crippen LogP contribution in [0.15, 0.2) is 60.0 Å². The lowest BCUT2D eigenvalue weighted by Crippen LogP contribution is -2.13. The van der Waals surface area contributed by atoms with Gasteiger partial charge in [-0.3, -0.25) is 4.72 Å². The lowest BCUT2D eigenvalue weighted by molar-refractivity contribution is 0.593. The Bertz CT molecular complexity index is 939. The van der Waals surface area contributed by atoms with Gasteiger partial charge in [0.2, 0.25) is 0 Å². The third kappa shape index (κ3) is 3.60. The Morgan fingerprint density at radius 2 is 1.92 bits per heavy atom. The Balaban J connectivity index is 1.76. The molecule has 0 amide bonds. The van der Waals surface area contributed by atoms with Crippen LogP contribution in [0.4, 0.5) is 10.1 Å². The van der Waals surface area contributed by atoms with E-state index in [-0.39, 0.29) is 4.90 Å². The van der Waals surface area contributed by atoms with Gasteiger partial charge in [-0.2, -0.15) is 5.10 Å². The van der Waals surface area contributed by atoms with E-state index in [9.17, 15) is 12.8 Å². The molecule has 0 aliphatic heterocycles. The molecule has 1 aromatic heterocycles. The number of halogens is 1. The molecule has 0 bridgehead atoms. The highest BCUT2D eigenvalue weighted by molar-refractivity contribution is 7.92. The fraction of sp³-hybridized carbons (Fsp3) is 0.125. The molecule has 8 heteroatoms. The van der Waals surface area contributed by atoms with Gasteiger partial charge < -0.3 is 0 Å². The van der Waals surface area contributed by atoms with Gasteiger partial charge in [-0.25, -0.2) is 22.5 Å². The van der Waals surface area contributed by atoms with Crippen molar-refractivity contribution in [3.63, 3.8) is 0 Å². The van der Waals surface area contributed by atoms with Crippen molar-refractivity contribution in [3.05, 3.63) is 72.1 Å². The lowest BCUT2D eigenvalue weighted by atomic mass is 10.2. The van der Waals surface area contributed by atoms with Crippen LogP contribution in [0.25, 0.3) is 0 Å². The average molecular weight is 346 g/mol. The summed E-state index contributed by atoms with van der Waals surface area (Å²) in [7, 11) is -3.83. The molecule has 124 valence electrons. The number of anilines is 1. The van der Waals surface area contributed by atoms with Gasteiger partial charge in [-0.1, -0.05) is 18.2 Å². The van der Waals surface area contributed by atoms with Crippen LogP contribution in [-0.4, -0.2) is 23.2 Å². The van der Waals surface area contributed by atoms with Crippen LogP contribution in [0.2, 0.25) is 0 Å². The maximum atomic E-state index is 13.6. The highest BCUT2D eigenvalue weighted by atomic mass is 32.2. The molecule has 0 saturated heterocycles. The highest BCUT2D eigenvalue weighted by Crippen LogP contribution is 2.19. The summed E-state index contributed by atoms with van der Waals surface area (Å²) in [5.74, 6) is -0.555. The van der Waals surface area contributed by atoms with E-state index in [1.54, 1.807) is 42.2 Å². The Morgan fingerprint density at radius 3 is 2.54 bits per heavy atom. The molecule has 24 heavy (non-hydrogen) atoms. The van der Waals surface area contributed by atoms with Crippen molar-refractivity contribution in [2.75, 3.05) is 4.72 Å². The average Bonchev–Trinajstić information content (AvgIpc) is 3.04. The smallest absolute Gasteiger partial charge is 0.261 e. The number of aromatic nitrogens is 3. The fourth-order valence-electron chi connectivity index (χ4n) is 2.13. The predicted octanol–water partition coefficient (Wildman–Crippen LogP) is 2.57. The molecule has 0 spiro atoms. The summed E-state index contributed by atoms with van der Waals surface area (Å²) >= 11 is 0. The van der Waals surface area contributed by atoms with Gasteiger partial charge in [0.25, 0.3) is 10.0 Å². The van der Waals surface area contributed by atoms with E-state index in [2.05, 4.69) is 14.8 Å². The summed E-state index contributed by atoms with van der Waals surface area (Å²) in [5, 5.41) is 4.01. The third-order valence-electron chi connectivity index (χ3n) is 3.47. The second-order valence-electron chi connectivity index (χ2n) is 5.31. The van der Waals surface area contributed by atoms with Crippen LogP contribution in [0, 0.1) is 12.7 Å². The minimum Gasteiger partial charge on any atom is -0.280 e. The summed E-state index contributed by atoms with van der Waals surface area (Å²) in [6.45, 7) is 2.11. The van der Waals surface area contributed by atoms with Crippen molar-refractivity contribution in [2.45, 2.75) is 18.4 Å². The lowest BCUT2D eigenvalue weighted by Gasteiger charge is -2.09. The Kier molecular flexibility index (Phi) is 4.30. The molecule has 0 saturated carbocycles. The second-order valence-corrected chi connectivity index (χ2v) is 6.99. The van der Waals surface area contributed by atoms with Gasteiger partial charge in [0.05, 0.1) is 11.4 Å². The molecule has 0 aliphatic rings. The monoisotopic (exact) mass is 346 g/mol. The minimum atomic E-state index is -3.83. The summed E-state index contributed by atoms with van der Waals surface area (Å²) in [4.78, 5) is 3.75. The largest absolute Gasteiger partial charge is 0.280 e. The standard InChI is InChI=1S/C16H15FN4O2S/c1-12-2-7-15(8-16(12)17)24(22,23)20-14-5-3-13(4-6-14)9-21-11-18-10-19-21/h2-8,10-11,20H,9H2,1H3. The van der Waals surface area contributed by atoms with Crippen LogP contribution in [0.5, 0.6) is 0 Å². The maximum Gasteiger partial charge on any atom is 0.261 e. The SMILES string of the molecule is Cc1ccc(S(=O)(=O)Nc2ccc(Cn3cncn3)cc2)cc1F. The van der Waals surface area contributed by atoms with Gasteiger partial charge in [0.1, 0.15) is 18.5 Å². The molecule has 2 aromatic carbocycles. The Labute approximate surface area is 139 Å². The normalized spacial score (nSPS) is 11.4. The molecule has 0 fully saturated rings. The number of rotatable bonds is 5. The van der Waals surface area contributed by atoms with Gasteiger partial charge >= 0.3 is 0 Å². The van der Waals surface area contributed by atoms with Crippen LogP contribution in [0.3, 0.4) is 0 Å². The summed E-state index contributed by atoms with van der Waals surface area (Å²) in [5.41, 5.74) is 1.74. The van der Waals surface area contributed by atoms with Gasteiger partial charge in [-0.05, 0) is 42.3 Å². The first-order valence-corrected chi connectivity index (χ1v) is 8.63. The zero-order chi connectivity index (χ0) is 17.2. The number of nitrogens with zero attached hydrogens (tertiary/aromatic N) is 3. The molecular formula is C16H15FN4O2S. The quantitative estimate of drug-likeness (QED) is 0.770. The van der Waals surface area contributed by atoms with E-state index in [0.29, 0.717) is 17.8 Å². The van der Waals surface area contributed by atoms with Gasteiger partial charge in [0.15, 0.2) is 0 Å². The summed E-state index contributed by atoms with van der Waals surface area (Å²) in [6.07, 6.45) is 3.05. The molecule has 0 unspecified atom stereocenters. The van der Waals surface area contributed by atoms with Crippen LogP contribution < -0.4 is 4.72 Å². The predicted molar refractivity (Wildman–Crippen MR) is 87.5 cm³/mol. The van der Waals surface area contributed by atoms with E-state index in [4.69, 9.17) is 0 Å². The van der Waals surface area contributed by atoms with Crippen molar-refractivity contribution < 1.29 is 12.8 Å². The van der Waals surface area contributed by atoms with Crippen molar-refractivity contribution in [1.29, 1.82) is 0 Å². The topological polar surface area (TPSA) is 76.9 Å². The van der Waals surface area contributed by atoms with Gasteiger partial charge in [-0.15, -0.1) is 0 Å². The summed E-state index contributed by atoms with van der Waals surface area (Å²) < 4.78 is 42.3. The molecule has 1 N–H and O–H groups in total. The van der Waals surface area contributed by atoms with Crippen molar-refractivity contribution >= 4 is 15.7 Å². The molecule has 0 radical (unpaired) electrons. The molecule has 3 rings (SSSR count). The first-order chi connectivity index (χ1) is 11.4. The Morgan fingerprint density at radius 1 is 1.17 bits per heavy atom. The summed E-state index contributed by atoms with van der Waals surface area (Å²) in [6, 6.07) is 10.7. The first-order valence-electron chi connectivity index (χ1n) is 7.14. The number of benzene rings is 2. The van der Waals surface area contributed by atoms with E-state index >= 15 is 0 Å².